The van der Waals surface area contributed by atoms with Crippen LogP contribution in [0.15, 0.2) is 66.7 Å². The average molecular weight is 290 g/mol. The van der Waals surface area contributed by atoms with Gasteiger partial charge in [0.25, 0.3) is 0 Å². The maximum absolute atomic E-state index is 6.08. The zero-order chi connectivity index (χ0) is 13.8. The lowest BCUT2D eigenvalue weighted by molar-refractivity contribution is 0.466. The second-order valence-electron chi connectivity index (χ2n) is 5.08. The summed E-state index contributed by atoms with van der Waals surface area (Å²) in [7, 11) is -0.601. The van der Waals surface area contributed by atoms with Gasteiger partial charge in [-0.2, -0.15) is 0 Å². The largest absolute Gasteiger partial charge is 0.456 e. The normalized spacial score (nSPS) is 14.3. The third-order valence-electron chi connectivity index (χ3n) is 3.84. The molecule has 0 atom stereocenters. The summed E-state index contributed by atoms with van der Waals surface area (Å²) in [5.41, 5.74) is 0. The number of fused-ring (bicyclic) bond motifs is 4. The molecule has 0 aliphatic carbocycles. The molecule has 0 N–H and O–H groups in total. The Hall–Kier alpha value is -2.31. The van der Waals surface area contributed by atoms with Gasteiger partial charge < -0.3 is 9.47 Å². The van der Waals surface area contributed by atoms with Crippen LogP contribution in [0, 0.1) is 0 Å². The molecule has 2 nitrogen and oxygen atoms in total. The first-order valence-electron chi connectivity index (χ1n) is 6.89. The lowest BCUT2D eigenvalue weighted by atomic mass is 10.3. The molecule has 0 bridgehead atoms. The topological polar surface area (TPSA) is 18.5 Å². The molecule has 3 heteroatoms. The highest BCUT2D eigenvalue weighted by Gasteiger charge is 2.36. The summed E-state index contributed by atoms with van der Waals surface area (Å²) in [6, 6.07) is 22.7. The minimum atomic E-state index is -0.601. The first kappa shape index (κ1) is 11.4. The molecule has 0 amide bonds. The molecule has 2 heterocycles. The maximum Gasteiger partial charge on any atom is 0.139 e. The fraction of sp³-hybridized carbons (Fsp3) is 0. The molecule has 100 valence electrons. The van der Waals surface area contributed by atoms with Crippen molar-refractivity contribution in [3.05, 3.63) is 66.7 Å². The van der Waals surface area contributed by atoms with Crippen LogP contribution >= 0.6 is 7.92 Å². The zero-order valence-electron chi connectivity index (χ0n) is 11.1. The summed E-state index contributed by atoms with van der Waals surface area (Å²) >= 11 is 0. The predicted molar refractivity (Wildman–Crippen MR) is 85.3 cm³/mol. The van der Waals surface area contributed by atoms with Crippen molar-refractivity contribution >= 4 is 23.8 Å². The van der Waals surface area contributed by atoms with Gasteiger partial charge in [-0.1, -0.05) is 42.5 Å². The van der Waals surface area contributed by atoms with Gasteiger partial charge in [-0.25, -0.2) is 0 Å². The molecule has 0 aromatic heterocycles. The Balaban J connectivity index is 1.88. The van der Waals surface area contributed by atoms with E-state index < -0.39 is 7.92 Å². The number of ether oxygens (including phenoxy) is 2. The molecule has 0 spiro atoms. The van der Waals surface area contributed by atoms with Crippen molar-refractivity contribution in [3.63, 3.8) is 0 Å². The summed E-state index contributed by atoms with van der Waals surface area (Å²) in [5, 5.41) is 3.73. The van der Waals surface area contributed by atoms with E-state index in [1.54, 1.807) is 0 Å². The summed E-state index contributed by atoms with van der Waals surface area (Å²) in [6.45, 7) is 0. The fourth-order valence-electron chi connectivity index (χ4n) is 2.95. The van der Waals surface area contributed by atoms with Crippen LogP contribution in [-0.4, -0.2) is 0 Å². The average Bonchev–Trinajstić information content (AvgIpc) is 2.54. The van der Waals surface area contributed by atoms with Crippen molar-refractivity contribution in [2.45, 2.75) is 0 Å². The third-order valence-corrected chi connectivity index (χ3v) is 6.43. The smallest absolute Gasteiger partial charge is 0.139 e. The van der Waals surface area contributed by atoms with Crippen LogP contribution in [0.4, 0.5) is 0 Å². The zero-order valence-corrected chi connectivity index (χ0v) is 12.0. The molecule has 5 rings (SSSR count). The molecule has 3 aromatic rings. The van der Waals surface area contributed by atoms with Crippen molar-refractivity contribution in [2.75, 3.05) is 0 Å². The molecule has 2 aliphatic heterocycles. The maximum atomic E-state index is 6.08. The lowest BCUT2D eigenvalue weighted by Gasteiger charge is -2.34. The van der Waals surface area contributed by atoms with Crippen molar-refractivity contribution in [1.82, 2.24) is 0 Å². The molecular weight excluding hydrogens is 279 g/mol. The molecule has 3 aromatic carbocycles. The number of hydrogen-bond donors (Lipinski definition) is 0. The highest BCUT2D eigenvalue weighted by atomic mass is 31.1. The van der Waals surface area contributed by atoms with Crippen molar-refractivity contribution in [3.8, 4) is 23.0 Å². The van der Waals surface area contributed by atoms with Gasteiger partial charge in [0.05, 0.1) is 5.30 Å². The minimum absolute atomic E-state index is 0.601. The van der Waals surface area contributed by atoms with Crippen LogP contribution in [0.5, 0.6) is 23.0 Å². The quantitative estimate of drug-likeness (QED) is 0.405. The van der Waals surface area contributed by atoms with Crippen molar-refractivity contribution in [2.24, 2.45) is 0 Å². The van der Waals surface area contributed by atoms with Crippen LogP contribution in [0.25, 0.3) is 0 Å². The Bertz CT molecular complexity index is 805. The van der Waals surface area contributed by atoms with Gasteiger partial charge in [-0.3, -0.25) is 0 Å². The van der Waals surface area contributed by atoms with Crippen LogP contribution in [0.2, 0.25) is 0 Å². The summed E-state index contributed by atoms with van der Waals surface area (Å²) < 4.78 is 12.2. The van der Waals surface area contributed by atoms with Gasteiger partial charge in [-0.05, 0) is 24.3 Å². The van der Waals surface area contributed by atoms with Crippen LogP contribution in [-0.2, 0) is 0 Å². The number of hydrogen-bond acceptors (Lipinski definition) is 2. The first-order valence-corrected chi connectivity index (χ1v) is 8.23. The van der Waals surface area contributed by atoms with Crippen LogP contribution < -0.4 is 25.4 Å². The molecule has 21 heavy (non-hydrogen) atoms. The highest BCUT2D eigenvalue weighted by Crippen LogP contribution is 2.52. The Labute approximate surface area is 123 Å². The van der Waals surface area contributed by atoms with Gasteiger partial charge >= 0.3 is 0 Å². The Morgan fingerprint density at radius 1 is 0.524 bits per heavy atom. The second-order valence-corrected chi connectivity index (χ2v) is 7.16. The van der Waals surface area contributed by atoms with E-state index in [9.17, 15) is 0 Å². The molecule has 0 radical (unpaired) electrons. The highest BCUT2D eigenvalue weighted by molar-refractivity contribution is 7.80. The summed E-state index contributed by atoms with van der Waals surface area (Å²) in [5.74, 6) is 3.77. The SMILES string of the molecule is c1ccc2c(c1)Oc1cccc3c1P2c1ccccc1O3. The minimum Gasteiger partial charge on any atom is -0.456 e. The fourth-order valence-corrected chi connectivity index (χ4v) is 5.53. The van der Waals surface area contributed by atoms with Crippen LogP contribution in [0.3, 0.4) is 0 Å². The number of benzene rings is 3. The van der Waals surface area contributed by atoms with E-state index in [2.05, 4.69) is 24.3 Å². The summed E-state index contributed by atoms with van der Waals surface area (Å²) in [6.07, 6.45) is 0. The number of rotatable bonds is 0. The lowest BCUT2D eigenvalue weighted by Crippen LogP contribution is -2.31. The molecule has 0 saturated heterocycles. The third kappa shape index (κ3) is 1.51. The van der Waals surface area contributed by atoms with E-state index in [0.717, 1.165) is 23.0 Å². The predicted octanol–water partition coefficient (Wildman–Crippen LogP) is 3.66. The Morgan fingerprint density at radius 3 is 1.57 bits per heavy atom. The van der Waals surface area contributed by atoms with Gasteiger partial charge in [0.2, 0.25) is 0 Å². The van der Waals surface area contributed by atoms with Gasteiger partial charge in [0.15, 0.2) is 0 Å². The van der Waals surface area contributed by atoms with Crippen molar-refractivity contribution in [1.29, 1.82) is 0 Å². The van der Waals surface area contributed by atoms with Gasteiger partial charge in [0, 0.05) is 18.5 Å². The standard InChI is InChI=1S/C18H11O2P/c1-3-10-16-12(6-1)19-14-8-5-9-15-18(14)21(16)17-11-4-2-7-13(17)20-15/h1-11H. The van der Waals surface area contributed by atoms with E-state index in [-0.39, 0.29) is 0 Å². The molecule has 0 saturated carbocycles. The monoisotopic (exact) mass is 290 g/mol. The van der Waals surface area contributed by atoms with E-state index in [4.69, 9.17) is 9.47 Å². The Kier molecular flexibility index (Phi) is 2.22. The molecule has 0 fully saturated rings. The second kappa shape index (κ2) is 4.09. The van der Waals surface area contributed by atoms with E-state index in [1.165, 1.54) is 15.9 Å². The first-order chi connectivity index (χ1) is 10.4. The molecule has 2 aliphatic rings. The van der Waals surface area contributed by atoms with Gasteiger partial charge in [-0.15, -0.1) is 0 Å². The Morgan fingerprint density at radius 2 is 1.00 bits per heavy atom. The van der Waals surface area contributed by atoms with E-state index >= 15 is 0 Å². The van der Waals surface area contributed by atoms with E-state index in [0.29, 0.717) is 0 Å². The van der Waals surface area contributed by atoms with Gasteiger partial charge in [0.1, 0.15) is 23.0 Å². The van der Waals surface area contributed by atoms with Crippen molar-refractivity contribution < 1.29 is 9.47 Å². The summed E-state index contributed by atoms with van der Waals surface area (Å²) in [4.78, 5) is 0. The van der Waals surface area contributed by atoms with E-state index in [1.807, 2.05) is 42.5 Å². The van der Waals surface area contributed by atoms with Crippen LogP contribution in [0.1, 0.15) is 0 Å². The number of para-hydroxylation sites is 2. The molecular formula is C18H11O2P. The molecule has 0 unspecified atom stereocenters.